The number of nitrogens with zero attached hydrogens (tertiary/aromatic N) is 2. The molecule has 0 aromatic heterocycles. The Hall–Kier alpha value is -1.59. The highest BCUT2D eigenvalue weighted by atomic mass is 16.1. The first-order valence-corrected chi connectivity index (χ1v) is 8.84. The Bertz CT molecular complexity index is 479. The van der Waals surface area contributed by atoms with Gasteiger partial charge >= 0.3 is 0 Å². The van der Waals surface area contributed by atoms with Gasteiger partial charge in [0.25, 0.3) is 0 Å². The van der Waals surface area contributed by atoms with Crippen LogP contribution in [0.15, 0.2) is 30.3 Å². The Balaban J connectivity index is 1.32. The second-order valence-electron chi connectivity index (χ2n) is 6.51. The molecule has 1 atom stereocenters. The third-order valence-corrected chi connectivity index (χ3v) is 4.86. The molecular weight excluding hydrogens is 288 g/mol. The molecule has 5 nitrogen and oxygen atoms in total. The molecule has 23 heavy (non-hydrogen) atoms. The van der Waals surface area contributed by atoms with Crippen molar-refractivity contribution in [1.82, 2.24) is 15.5 Å². The molecule has 1 unspecified atom stereocenters. The lowest BCUT2D eigenvalue weighted by atomic mass is 10.2. The van der Waals surface area contributed by atoms with Crippen molar-refractivity contribution in [3.05, 3.63) is 30.3 Å². The van der Waals surface area contributed by atoms with Crippen LogP contribution in [0.25, 0.3) is 0 Å². The van der Waals surface area contributed by atoms with Crippen molar-refractivity contribution in [1.29, 1.82) is 0 Å². The predicted octanol–water partition coefficient (Wildman–Crippen LogP) is 1.07. The van der Waals surface area contributed by atoms with Crippen LogP contribution in [-0.4, -0.2) is 62.7 Å². The van der Waals surface area contributed by atoms with E-state index in [1.54, 1.807) is 0 Å². The Labute approximate surface area is 139 Å². The molecule has 2 aliphatic heterocycles. The van der Waals surface area contributed by atoms with E-state index < -0.39 is 0 Å². The molecular formula is C18H28N4O. The van der Waals surface area contributed by atoms with Crippen molar-refractivity contribution in [2.75, 3.05) is 50.7 Å². The minimum atomic E-state index is 0.184. The summed E-state index contributed by atoms with van der Waals surface area (Å²) in [5, 5.41) is 6.47. The minimum Gasteiger partial charge on any atom is -0.369 e. The van der Waals surface area contributed by atoms with Crippen molar-refractivity contribution in [3.63, 3.8) is 0 Å². The van der Waals surface area contributed by atoms with E-state index in [1.165, 1.54) is 18.5 Å². The summed E-state index contributed by atoms with van der Waals surface area (Å²) in [6, 6.07) is 11.0. The number of anilines is 1. The summed E-state index contributed by atoms with van der Waals surface area (Å²) in [5.74, 6) is 0.184. The van der Waals surface area contributed by atoms with Gasteiger partial charge in [-0.1, -0.05) is 18.2 Å². The fourth-order valence-corrected chi connectivity index (χ4v) is 3.38. The summed E-state index contributed by atoms with van der Waals surface area (Å²) in [7, 11) is 0. The maximum absolute atomic E-state index is 12.0. The highest BCUT2D eigenvalue weighted by Crippen LogP contribution is 2.15. The van der Waals surface area contributed by atoms with Gasteiger partial charge in [0, 0.05) is 57.4 Å². The van der Waals surface area contributed by atoms with Crippen LogP contribution in [0.4, 0.5) is 5.69 Å². The lowest BCUT2D eigenvalue weighted by Gasteiger charge is -2.36. The molecule has 1 amide bonds. The lowest BCUT2D eigenvalue weighted by Crippen LogP contribution is -2.47. The largest absolute Gasteiger partial charge is 0.369 e. The van der Waals surface area contributed by atoms with Gasteiger partial charge in [0.05, 0.1) is 0 Å². The fourth-order valence-electron chi connectivity index (χ4n) is 3.38. The van der Waals surface area contributed by atoms with Crippen LogP contribution in [-0.2, 0) is 4.79 Å². The number of para-hydroxylation sites is 1. The van der Waals surface area contributed by atoms with E-state index in [1.807, 2.05) is 0 Å². The van der Waals surface area contributed by atoms with Crippen LogP contribution >= 0.6 is 0 Å². The molecule has 2 saturated heterocycles. The molecule has 1 aromatic rings. The predicted molar refractivity (Wildman–Crippen MR) is 93.7 cm³/mol. The molecule has 2 heterocycles. The van der Waals surface area contributed by atoms with Crippen LogP contribution in [0, 0.1) is 0 Å². The standard InChI is InChI=1S/C18H28N4O/c23-18(20-15-16-5-4-9-19-16)8-10-21-11-13-22(14-12-21)17-6-2-1-3-7-17/h1-3,6-7,16,19H,4-5,8-15H2,(H,20,23). The normalized spacial score (nSPS) is 22.3. The average molecular weight is 316 g/mol. The third-order valence-electron chi connectivity index (χ3n) is 4.86. The molecule has 0 spiro atoms. The third kappa shape index (κ3) is 4.94. The summed E-state index contributed by atoms with van der Waals surface area (Å²) in [5.41, 5.74) is 1.30. The van der Waals surface area contributed by atoms with Crippen LogP contribution in [0.2, 0.25) is 0 Å². The van der Waals surface area contributed by atoms with E-state index in [9.17, 15) is 4.79 Å². The van der Waals surface area contributed by atoms with Crippen molar-refractivity contribution in [2.45, 2.75) is 25.3 Å². The van der Waals surface area contributed by atoms with Crippen LogP contribution in [0.1, 0.15) is 19.3 Å². The number of piperazine rings is 1. The van der Waals surface area contributed by atoms with E-state index in [4.69, 9.17) is 0 Å². The van der Waals surface area contributed by atoms with Crippen LogP contribution in [0.5, 0.6) is 0 Å². The van der Waals surface area contributed by atoms with Gasteiger partial charge in [-0.15, -0.1) is 0 Å². The number of carbonyl (C=O) groups is 1. The molecule has 0 saturated carbocycles. The Morgan fingerprint density at radius 3 is 2.65 bits per heavy atom. The van der Waals surface area contributed by atoms with E-state index in [0.717, 1.165) is 45.8 Å². The van der Waals surface area contributed by atoms with E-state index >= 15 is 0 Å². The highest BCUT2D eigenvalue weighted by Gasteiger charge is 2.18. The maximum atomic E-state index is 12.0. The van der Waals surface area contributed by atoms with Gasteiger partial charge in [0.2, 0.25) is 5.91 Å². The molecule has 1 aromatic carbocycles. The van der Waals surface area contributed by atoms with Gasteiger partial charge in [-0.05, 0) is 31.5 Å². The van der Waals surface area contributed by atoms with Crippen LogP contribution < -0.4 is 15.5 Å². The number of carbonyl (C=O) groups excluding carboxylic acids is 1. The molecule has 5 heteroatoms. The second-order valence-corrected chi connectivity index (χ2v) is 6.51. The molecule has 0 bridgehead atoms. The minimum absolute atomic E-state index is 0.184. The van der Waals surface area contributed by atoms with Gasteiger partial charge in [0.1, 0.15) is 0 Å². The quantitative estimate of drug-likeness (QED) is 0.824. The summed E-state index contributed by atoms with van der Waals surface area (Å²) >= 11 is 0. The SMILES string of the molecule is O=C(CCN1CCN(c2ccccc2)CC1)NCC1CCCN1. The summed E-state index contributed by atoms with van der Waals surface area (Å²) in [6.45, 7) is 6.88. The Morgan fingerprint density at radius 1 is 1.17 bits per heavy atom. The monoisotopic (exact) mass is 316 g/mol. The molecule has 3 rings (SSSR count). The first kappa shape index (κ1) is 16.3. The first-order valence-electron chi connectivity index (χ1n) is 8.84. The lowest BCUT2D eigenvalue weighted by molar-refractivity contribution is -0.121. The highest BCUT2D eigenvalue weighted by molar-refractivity contribution is 5.76. The summed E-state index contributed by atoms with van der Waals surface area (Å²) in [6.07, 6.45) is 3.02. The van der Waals surface area contributed by atoms with Crippen molar-refractivity contribution in [3.8, 4) is 0 Å². The average Bonchev–Trinajstić information content (AvgIpc) is 3.13. The summed E-state index contributed by atoms with van der Waals surface area (Å²) in [4.78, 5) is 16.8. The summed E-state index contributed by atoms with van der Waals surface area (Å²) < 4.78 is 0. The van der Waals surface area contributed by atoms with Crippen molar-refractivity contribution >= 4 is 11.6 Å². The van der Waals surface area contributed by atoms with E-state index in [2.05, 4.69) is 50.8 Å². The molecule has 2 N–H and O–H groups in total. The fraction of sp³-hybridized carbons (Fsp3) is 0.611. The van der Waals surface area contributed by atoms with E-state index in [0.29, 0.717) is 12.5 Å². The van der Waals surface area contributed by atoms with E-state index in [-0.39, 0.29) is 5.91 Å². The van der Waals surface area contributed by atoms with Gasteiger partial charge in [-0.2, -0.15) is 0 Å². The Morgan fingerprint density at radius 2 is 1.96 bits per heavy atom. The number of amides is 1. The molecule has 2 fully saturated rings. The zero-order chi connectivity index (χ0) is 15.9. The van der Waals surface area contributed by atoms with Gasteiger partial charge in [-0.25, -0.2) is 0 Å². The molecule has 0 radical (unpaired) electrons. The zero-order valence-corrected chi connectivity index (χ0v) is 13.8. The van der Waals surface area contributed by atoms with Crippen molar-refractivity contribution < 1.29 is 4.79 Å². The van der Waals surface area contributed by atoms with Gasteiger partial charge in [0.15, 0.2) is 0 Å². The smallest absolute Gasteiger partial charge is 0.221 e. The zero-order valence-electron chi connectivity index (χ0n) is 13.8. The van der Waals surface area contributed by atoms with Gasteiger partial charge < -0.3 is 15.5 Å². The number of nitrogens with one attached hydrogen (secondary N) is 2. The van der Waals surface area contributed by atoms with Crippen molar-refractivity contribution in [2.24, 2.45) is 0 Å². The number of benzene rings is 1. The topological polar surface area (TPSA) is 47.6 Å². The van der Waals surface area contributed by atoms with Crippen LogP contribution in [0.3, 0.4) is 0 Å². The molecule has 0 aliphatic carbocycles. The number of hydrogen-bond acceptors (Lipinski definition) is 4. The van der Waals surface area contributed by atoms with Gasteiger partial charge in [-0.3, -0.25) is 9.69 Å². The first-order chi connectivity index (χ1) is 11.3. The maximum Gasteiger partial charge on any atom is 0.221 e. The number of hydrogen-bond donors (Lipinski definition) is 2. The molecule has 2 aliphatic rings. The number of rotatable bonds is 6. The molecule has 126 valence electrons. The Kier molecular flexibility index (Phi) is 5.88. The second kappa shape index (κ2) is 8.31.